The van der Waals surface area contributed by atoms with Gasteiger partial charge in [-0.05, 0) is 49.2 Å². The summed E-state index contributed by atoms with van der Waals surface area (Å²) in [6.45, 7) is 0.213. The van der Waals surface area contributed by atoms with Gasteiger partial charge in [-0.3, -0.25) is 4.79 Å². The van der Waals surface area contributed by atoms with Crippen LogP contribution in [-0.2, 0) is 19.6 Å². The van der Waals surface area contributed by atoms with Gasteiger partial charge >= 0.3 is 5.97 Å². The standard InChI is InChI=1S/C21H19Cl2N3O5S/c22-18-7-6-16(32(29,30)26-8-2-1-3-9-26)11-17(18)21(28)31-13-20(27)25-15-5-4-14(12-24)19(23)10-15/h4-7,10-11H,1-3,8-9,13H2,(H,25,27). The summed E-state index contributed by atoms with van der Waals surface area (Å²) in [5.74, 6) is -1.58. The number of hydrogen-bond donors (Lipinski definition) is 1. The van der Waals surface area contributed by atoms with E-state index in [9.17, 15) is 18.0 Å². The maximum Gasteiger partial charge on any atom is 0.340 e. The molecule has 8 nitrogen and oxygen atoms in total. The fourth-order valence-electron chi connectivity index (χ4n) is 3.17. The van der Waals surface area contributed by atoms with Crippen LogP contribution < -0.4 is 5.32 Å². The molecule has 1 saturated heterocycles. The van der Waals surface area contributed by atoms with E-state index < -0.39 is 28.5 Å². The number of nitrogens with zero attached hydrogens (tertiary/aromatic N) is 2. The smallest absolute Gasteiger partial charge is 0.340 e. The molecule has 1 N–H and O–H groups in total. The predicted octanol–water partition coefficient (Wildman–Crippen LogP) is 3.84. The normalized spacial score (nSPS) is 14.4. The van der Waals surface area contributed by atoms with Gasteiger partial charge in [-0.15, -0.1) is 0 Å². The second-order valence-electron chi connectivity index (χ2n) is 7.04. The number of carbonyl (C=O) groups is 2. The van der Waals surface area contributed by atoms with Crippen LogP contribution in [0.3, 0.4) is 0 Å². The Morgan fingerprint density at radius 3 is 2.44 bits per heavy atom. The molecule has 1 fully saturated rings. The zero-order chi connectivity index (χ0) is 23.3. The van der Waals surface area contributed by atoms with E-state index in [2.05, 4.69) is 5.32 Å². The summed E-state index contributed by atoms with van der Waals surface area (Å²) in [7, 11) is -3.76. The molecule has 168 valence electrons. The number of hydrogen-bond acceptors (Lipinski definition) is 6. The van der Waals surface area contributed by atoms with E-state index in [1.165, 1.54) is 34.6 Å². The SMILES string of the molecule is N#Cc1ccc(NC(=O)COC(=O)c2cc(S(=O)(=O)N3CCCCC3)ccc2Cl)cc1Cl. The molecular formula is C21H19Cl2N3O5S. The minimum Gasteiger partial charge on any atom is -0.452 e. The molecule has 0 radical (unpaired) electrons. The van der Waals surface area contributed by atoms with Crippen molar-refractivity contribution < 1.29 is 22.7 Å². The van der Waals surface area contributed by atoms with Crippen molar-refractivity contribution in [3.8, 4) is 6.07 Å². The van der Waals surface area contributed by atoms with Crippen LogP contribution in [-0.4, -0.2) is 44.3 Å². The molecule has 0 atom stereocenters. The Labute approximate surface area is 195 Å². The molecule has 1 aliphatic heterocycles. The van der Waals surface area contributed by atoms with Crippen LogP contribution in [0, 0.1) is 11.3 Å². The van der Waals surface area contributed by atoms with E-state index in [-0.39, 0.29) is 26.1 Å². The van der Waals surface area contributed by atoms with Crippen molar-refractivity contribution in [2.45, 2.75) is 24.2 Å². The Hall–Kier alpha value is -2.64. The lowest BCUT2D eigenvalue weighted by molar-refractivity contribution is -0.119. The Kier molecular flexibility index (Phi) is 7.74. The van der Waals surface area contributed by atoms with E-state index in [1.807, 2.05) is 6.07 Å². The highest BCUT2D eigenvalue weighted by atomic mass is 35.5. The van der Waals surface area contributed by atoms with Crippen LogP contribution in [0.4, 0.5) is 5.69 Å². The lowest BCUT2D eigenvalue weighted by Gasteiger charge is -2.26. The summed E-state index contributed by atoms with van der Waals surface area (Å²) in [5.41, 5.74) is 0.423. The third-order valence-electron chi connectivity index (χ3n) is 4.82. The van der Waals surface area contributed by atoms with Gasteiger partial charge in [0.05, 0.1) is 26.1 Å². The van der Waals surface area contributed by atoms with Gasteiger partial charge in [-0.25, -0.2) is 13.2 Å². The maximum absolute atomic E-state index is 12.9. The van der Waals surface area contributed by atoms with Gasteiger partial charge in [0.25, 0.3) is 5.91 Å². The average Bonchev–Trinajstić information content (AvgIpc) is 2.78. The highest BCUT2D eigenvalue weighted by Crippen LogP contribution is 2.26. The van der Waals surface area contributed by atoms with Gasteiger partial charge in [0.1, 0.15) is 6.07 Å². The van der Waals surface area contributed by atoms with E-state index in [1.54, 1.807) is 0 Å². The van der Waals surface area contributed by atoms with Crippen LogP contribution in [0.15, 0.2) is 41.3 Å². The third kappa shape index (κ3) is 5.58. The molecule has 0 saturated carbocycles. The Morgan fingerprint density at radius 2 is 1.78 bits per heavy atom. The number of esters is 1. The van der Waals surface area contributed by atoms with Crippen molar-refractivity contribution >= 4 is 50.8 Å². The van der Waals surface area contributed by atoms with Crippen molar-refractivity contribution in [1.82, 2.24) is 4.31 Å². The molecule has 0 unspecified atom stereocenters. The zero-order valence-corrected chi connectivity index (χ0v) is 19.1. The van der Waals surface area contributed by atoms with Gasteiger partial charge in [0, 0.05) is 18.8 Å². The molecule has 1 aliphatic rings. The molecule has 2 aromatic carbocycles. The number of sulfonamides is 1. The first-order chi connectivity index (χ1) is 15.2. The number of rotatable bonds is 6. The Morgan fingerprint density at radius 1 is 1.06 bits per heavy atom. The van der Waals surface area contributed by atoms with Crippen molar-refractivity contribution in [3.05, 3.63) is 57.6 Å². The number of benzene rings is 2. The molecule has 0 aliphatic carbocycles. The number of halogens is 2. The van der Waals surface area contributed by atoms with Gasteiger partial charge in [-0.1, -0.05) is 29.6 Å². The first kappa shape index (κ1) is 24.0. The largest absolute Gasteiger partial charge is 0.452 e. The van der Waals surface area contributed by atoms with Crippen molar-refractivity contribution in [1.29, 1.82) is 5.26 Å². The van der Waals surface area contributed by atoms with Crippen molar-refractivity contribution in [2.24, 2.45) is 0 Å². The minimum atomic E-state index is -3.76. The topological polar surface area (TPSA) is 117 Å². The summed E-state index contributed by atoms with van der Waals surface area (Å²) in [4.78, 5) is 24.5. The molecular weight excluding hydrogens is 477 g/mol. The summed E-state index contributed by atoms with van der Waals surface area (Å²) in [6.07, 6.45) is 2.53. The van der Waals surface area contributed by atoms with Crippen LogP contribution in [0.25, 0.3) is 0 Å². The number of nitriles is 1. The monoisotopic (exact) mass is 495 g/mol. The van der Waals surface area contributed by atoms with Crippen LogP contribution in [0.1, 0.15) is 35.2 Å². The van der Waals surface area contributed by atoms with E-state index in [4.69, 9.17) is 33.2 Å². The number of piperidine rings is 1. The number of anilines is 1. The number of ether oxygens (including phenoxy) is 1. The lowest BCUT2D eigenvalue weighted by atomic mass is 10.2. The average molecular weight is 496 g/mol. The first-order valence-electron chi connectivity index (χ1n) is 9.68. The molecule has 0 aromatic heterocycles. The quantitative estimate of drug-likeness (QED) is 0.608. The van der Waals surface area contributed by atoms with Crippen molar-refractivity contribution in [3.63, 3.8) is 0 Å². The number of amides is 1. The number of carbonyl (C=O) groups excluding carboxylic acids is 2. The fourth-order valence-corrected chi connectivity index (χ4v) is 5.13. The molecule has 0 bridgehead atoms. The molecule has 11 heteroatoms. The van der Waals surface area contributed by atoms with Gasteiger partial charge in [0.2, 0.25) is 10.0 Å². The van der Waals surface area contributed by atoms with Crippen LogP contribution >= 0.6 is 23.2 Å². The molecule has 3 rings (SSSR count). The summed E-state index contributed by atoms with van der Waals surface area (Å²) < 4.78 is 32.1. The van der Waals surface area contributed by atoms with E-state index in [0.29, 0.717) is 18.8 Å². The second-order valence-corrected chi connectivity index (χ2v) is 9.79. The van der Waals surface area contributed by atoms with E-state index >= 15 is 0 Å². The molecule has 1 amide bonds. The Balaban J connectivity index is 1.67. The van der Waals surface area contributed by atoms with Crippen molar-refractivity contribution in [2.75, 3.05) is 25.0 Å². The van der Waals surface area contributed by atoms with Crippen LogP contribution in [0.5, 0.6) is 0 Å². The Bertz CT molecular complexity index is 1190. The van der Waals surface area contributed by atoms with Crippen LogP contribution in [0.2, 0.25) is 10.0 Å². The second kappa shape index (κ2) is 10.3. The molecule has 2 aromatic rings. The minimum absolute atomic E-state index is 0.00637. The molecule has 1 heterocycles. The zero-order valence-electron chi connectivity index (χ0n) is 16.8. The molecule has 32 heavy (non-hydrogen) atoms. The first-order valence-corrected chi connectivity index (χ1v) is 11.9. The summed E-state index contributed by atoms with van der Waals surface area (Å²) in [6, 6.07) is 10.0. The molecule has 0 spiro atoms. The summed E-state index contributed by atoms with van der Waals surface area (Å²) in [5, 5.41) is 11.5. The van der Waals surface area contributed by atoms with E-state index in [0.717, 1.165) is 25.3 Å². The number of nitrogens with one attached hydrogen (secondary N) is 1. The fraction of sp³-hybridized carbons (Fsp3) is 0.286. The third-order valence-corrected chi connectivity index (χ3v) is 7.36. The lowest BCUT2D eigenvalue weighted by Crippen LogP contribution is -2.35. The highest BCUT2D eigenvalue weighted by Gasteiger charge is 2.27. The maximum atomic E-state index is 12.9. The van der Waals surface area contributed by atoms with Gasteiger partial charge in [-0.2, -0.15) is 9.57 Å². The predicted molar refractivity (Wildman–Crippen MR) is 119 cm³/mol. The van der Waals surface area contributed by atoms with Gasteiger partial charge in [0.15, 0.2) is 6.61 Å². The summed E-state index contributed by atoms with van der Waals surface area (Å²) >= 11 is 12.0. The highest BCUT2D eigenvalue weighted by molar-refractivity contribution is 7.89. The van der Waals surface area contributed by atoms with Gasteiger partial charge < -0.3 is 10.1 Å².